The van der Waals surface area contributed by atoms with Gasteiger partial charge in [-0.25, -0.2) is 5.43 Å². The van der Waals surface area contributed by atoms with E-state index in [4.69, 9.17) is 9.47 Å². The Morgan fingerprint density at radius 2 is 1.75 bits per heavy atom. The average molecular weight is 430 g/mol. The van der Waals surface area contributed by atoms with Crippen LogP contribution in [0.3, 0.4) is 0 Å². The normalized spacial score (nSPS) is 13.8. The summed E-state index contributed by atoms with van der Waals surface area (Å²) in [7, 11) is 0. The lowest BCUT2D eigenvalue weighted by atomic mass is 10.1. The van der Waals surface area contributed by atoms with Crippen molar-refractivity contribution in [1.29, 1.82) is 0 Å². The predicted octanol–water partition coefficient (Wildman–Crippen LogP) is 4.03. The summed E-state index contributed by atoms with van der Waals surface area (Å²) in [6.07, 6.45) is 1.66. The highest BCUT2D eigenvalue weighted by Gasteiger charge is 2.11. The first-order valence-electron chi connectivity index (χ1n) is 10.7. The van der Waals surface area contributed by atoms with Gasteiger partial charge in [0.1, 0.15) is 5.75 Å². The highest BCUT2D eigenvalue weighted by Crippen LogP contribution is 2.22. The second kappa shape index (κ2) is 10.6. The van der Waals surface area contributed by atoms with E-state index < -0.39 is 0 Å². The Hall–Kier alpha value is -3.64. The fourth-order valence-corrected chi connectivity index (χ4v) is 3.55. The van der Waals surface area contributed by atoms with Crippen LogP contribution in [0.4, 0.5) is 5.69 Å². The van der Waals surface area contributed by atoms with E-state index in [1.165, 1.54) is 5.69 Å². The second-order valence-electron chi connectivity index (χ2n) is 7.61. The van der Waals surface area contributed by atoms with Crippen LogP contribution in [0.2, 0.25) is 0 Å². The number of carbonyl (C=O) groups excluding carboxylic acids is 1. The summed E-state index contributed by atoms with van der Waals surface area (Å²) < 4.78 is 11.0. The van der Waals surface area contributed by atoms with Gasteiger partial charge in [-0.1, -0.05) is 48.5 Å². The third-order valence-corrected chi connectivity index (χ3v) is 5.35. The summed E-state index contributed by atoms with van der Waals surface area (Å²) >= 11 is 0. The first kappa shape index (κ1) is 21.6. The van der Waals surface area contributed by atoms with E-state index in [0.717, 1.165) is 48.6 Å². The molecule has 0 unspecified atom stereocenters. The van der Waals surface area contributed by atoms with Crippen molar-refractivity contribution in [1.82, 2.24) is 5.43 Å². The number of nitrogens with zero attached hydrogens (tertiary/aromatic N) is 2. The molecular formula is C26H27N3O3. The maximum absolute atomic E-state index is 12.1. The number of ether oxygens (including phenoxy) is 2. The molecule has 0 aliphatic carbocycles. The topological polar surface area (TPSA) is 63.2 Å². The molecule has 1 aliphatic heterocycles. The first-order valence-corrected chi connectivity index (χ1v) is 10.7. The third kappa shape index (κ3) is 5.74. The number of hydrazone groups is 1. The van der Waals surface area contributed by atoms with Crippen LogP contribution in [-0.2, 0) is 9.53 Å². The van der Waals surface area contributed by atoms with Crippen LogP contribution >= 0.6 is 0 Å². The molecule has 0 saturated carbocycles. The Morgan fingerprint density at radius 3 is 2.47 bits per heavy atom. The fraction of sp³-hybridized carbons (Fsp3) is 0.231. The molecule has 0 radical (unpaired) electrons. The molecule has 4 rings (SSSR count). The highest BCUT2D eigenvalue weighted by molar-refractivity contribution is 5.85. The number of rotatable bonds is 7. The molecule has 0 spiro atoms. The SMILES string of the molecule is Cc1cc(N2CCOCC2)ccc1/C=N/NC(=O)COc1ccc(-c2ccccc2)cc1. The number of morpholine rings is 1. The van der Waals surface area contributed by atoms with Crippen molar-refractivity contribution < 1.29 is 14.3 Å². The van der Waals surface area contributed by atoms with Gasteiger partial charge in [-0.15, -0.1) is 0 Å². The number of nitrogens with one attached hydrogen (secondary N) is 1. The summed E-state index contributed by atoms with van der Waals surface area (Å²) in [5.41, 5.74) is 8.00. The van der Waals surface area contributed by atoms with Crippen molar-refractivity contribution in [3.63, 3.8) is 0 Å². The van der Waals surface area contributed by atoms with Crippen LogP contribution < -0.4 is 15.1 Å². The minimum Gasteiger partial charge on any atom is -0.484 e. The van der Waals surface area contributed by atoms with E-state index in [-0.39, 0.29) is 12.5 Å². The molecule has 1 fully saturated rings. The third-order valence-electron chi connectivity index (χ3n) is 5.35. The zero-order valence-electron chi connectivity index (χ0n) is 18.2. The van der Waals surface area contributed by atoms with Gasteiger partial charge in [-0.05, 0) is 53.4 Å². The lowest BCUT2D eigenvalue weighted by molar-refractivity contribution is -0.123. The van der Waals surface area contributed by atoms with Crippen molar-refractivity contribution in [3.05, 3.63) is 83.9 Å². The van der Waals surface area contributed by atoms with Gasteiger partial charge in [-0.3, -0.25) is 4.79 Å². The van der Waals surface area contributed by atoms with Crippen LogP contribution in [0, 0.1) is 6.92 Å². The van der Waals surface area contributed by atoms with E-state index in [2.05, 4.69) is 39.7 Å². The lowest BCUT2D eigenvalue weighted by Crippen LogP contribution is -2.36. The molecule has 1 heterocycles. The van der Waals surface area contributed by atoms with Gasteiger partial charge in [0.15, 0.2) is 6.61 Å². The van der Waals surface area contributed by atoms with Crippen molar-refractivity contribution in [2.45, 2.75) is 6.92 Å². The number of hydrogen-bond acceptors (Lipinski definition) is 5. The highest BCUT2D eigenvalue weighted by atomic mass is 16.5. The van der Waals surface area contributed by atoms with Crippen LogP contribution in [0.1, 0.15) is 11.1 Å². The maximum atomic E-state index is 12.1. The lowest BCUT2D eigenvalue weighted by Gasteiger charge is -2.29. The van der Waals surface area contributed by atoms with Crippen LogP contribution in [0.25, 0.3) is 11.1 Å². The van der Waals surface area contributed by atoms with E-state index in [0.29, 0.717) is 5.75 Å². The summed E-state index contributed by atoms with van der Waals surface area (Å²) in [4.78, 5) is 14.4. The Morgan fingerprint density at radius 1 is 1.03 bits per heavy atom. The van der Waals surface area contributed by atoms with Gasteiger partial charge in [0.25, 0.3) is 5.91 Å². The molecule has 1 aliphatic rings. The molecule has 3 aromatic carbocycles. The molecule has 1 amide bonds. The summed E-state index contributed by atoms with van der Waals surface area (Å²) in [5.74, 6) is 0.328. The van der Waals surface area contributed by atoms with Gasteiger partial charge in [0.05, 0.1) is 19.4 Å². The van der Waals surface area contributed by atoms with Crippen molar-refractivity contribution in [2.75, 3.05) is 37.8 Å². The van der Waals surface area contributed by atoms with Crippen molar-refractivity contribution in [3.8, 4) is 16.9 Å². The second-order valence-corrected chi connectivity index (χ2v) is 7.61. The molecule has 0 bridgehead atoms. The van der Waals surface area contributed by atoms with E-state index in [1.807, 2.05) is 55.5 Å². The molecule has 3 aromatic rings. The molecule has 6 nitrogen and oxygen atoms in total. The Labute approximate surface area is 188 Å². The smallest absolute Gasteiger partial charge is 0.277 e. The Bertz CT molecular complexity index is 1060. The minimum atomic E-state index is -0.309. The van der Waals surface area contributed by atoms with E-state index in [9.17, 15) is 4.79 Å². The average Bonchev–Trinajstić information content (AvgIpc) is 2.85. The van der Waals surface area contributed by atoms with Gasteiger partial charge in [-0.2, -0.15) is 5.10 Å². The number of hydrogen-bond donors (Lipinski definition) is 1. The minimum absolute atomic E-state index is 0.100. The summed E-state index contributed by atoms with van der Waals surface area (Å²) in [6.45, 7) is 5.25. The molecule has 0 atom stereocenters. The molecule has 164 valence electrons. The predicted molar refractivity (Wildman–Crippen MR) is 127 cm³/mol. The zero-order chi connectivity index (χ0) is 22.2. The van der Waals surface area contributed by atoms with Gasteiger partial charge in [0.2, 0.25) is 0 Å². The van der Waals surface area contributed by atoms with E-state index in [1.54, 1.807) is 6.21 Å². The van der Waals surface area contributed by atoms with Crippen LogP contribution in [0.15, 0.2) is 77.9 Å². The number of benzene rings is 3. The monoisotopic (exact) mass is 429 g/mol. The largest absolute Gasteiger partial charge is 0.484 e. The van der Waals surface area contributed by atoms with Crippen LogP contribution in [0.5, 0.6) is 5.75 Å². The summed E-state index contributed by atoms with van der Waals surface area (Å²) in [5, 5.41) is 4.07. The maximum Gasteiger partial charge on any atom is 0.277 e. The fourth-order valence-electron chi connectivity index (χ4n) is 3.55. The van der Waals surface area contributed by atoms with Gasteiger partial charge >= 0.3 is 0 Å². The van der Waals surface area contributed by atoms with Crippen molar-refractivity contribution >= 4 is 17.8 Å². The Kier molecular flexibility index (Phi) is 7.15. The standard InChI is InChI=1S/C26H27N3O3/c1-20-17-24(29-13-15-31-16-14-29)10-7-23(20)18-27-28-26(30)19-32-25-11-8-22(9-12-25)21-5-3-2-4-6-21/h2-12,17-18H,13-16,19H2,1H3,(H,28,30)/b27-18+. The molecule has 1 N–H and O–H groups in total. The van der Waals surface area contributed by atoms with Gasteiger partial charge < -0.3 is 14.4 Å². The quantitative estimate of drug-likeness (QED) is 0.455. The number of carbonyl (C=O) groups is 1. The number of amides is 1. The Balaban J connectivity index is 1.25. The van der Waals surface area contributed by atoms with Gasteiger partial charge in [0, 0.05) is 18.8 Å². The van der Waals surface area contributed by atoms with Crippen LogP contribution in [-0.4, -0.2) is 45.0 Å². The molecular weight excluding hydrogens is 402 g/mol. The van der Waals surface area contributed by atoms with Crippen molar-refractivity contribution in [2.24, 2.45) is 5.10 Å². The first-order chi connectivity index (χ1) is 15.7. The molecule has 6 heteroatoms. The summed E-state index contributed by atoms with van der Waals surface area (Å²) in [6, 6.07) is 24.0. The number of anilines is 1. The zero-order valence-corrected chi connectivity index (χ0v) is 18.2. The molecule has 0 aromatic heterocycles. The van der Waals surface area contributed by atoms with E-state index >= 15 is 0 Å². The number of aryl methyl sites for hydroxylation is 1. The molecule has 1 saturated heterocycles. The molecule has 32 heavy (non-hydrogen) atoms.